The molecule has 1 rings (SSSR count). The summed E-state index contributed by atoms with van der Waals surface area (Å²) in [5.41, 5.74) is 0. The molecule has 1 aliphatic carbocycles. The molecule has 0 saturated heterocycles. The summed E-state index contributed by atoms with van der Waals surface area (Å²) in [6, 6.07) is 0. The fourth-order valence-corrected chi connectivity index (χ4v) is 0.956. The zero-order valence-corrected chi connectivity index (χ0v) is 5.37. The molecular formula is C4H3Cl2O2-. The quantitative estimate of drug-likeness (QED) is 0.496. The van der Waals surface area contributed by atoms with Crippen LogP contribution in [0.5, 0.6) is 0 Å². The third-order valence-electron chi connectivity index (χ3n) is 1.11. The largest absolute Gasteiger partial charge is 0.550 e. The van der Waals surface area contributed by atoms with E-state index >= 15 is 0 Å². The van der Waals surface area contributed by atoms with Gasteiger partial charge in [0.2, 0.25) is 0 Å². The van der Waals surface area contributed by atoms with Gasteiger partial charge in [-0.1, -0.05) is 0 Å². The SMILES string of the molecule is O=C([O-])C1CC1(Cl)Cl. The third kappa shape index (κ3) is 0.906. The molecule has 4 heteroatoms. The predicted molar refractivity (Wildman–Crippen MR) is 27.6 cm³/mol. The van der Waals surface area contributed by atoms with E-state index in [0.717, 1.165) is 0 Å². The number of carboxylic acids is 1. The van der Waals surface area contributed by atoms with Gasteiger partial charge in [-0.2, -0.15) is 0 Å². The van der Waals surface area contributed by atoms with Crippen LogP contribution in [-0.4, -0.2) is 10.3 Å². The van der Waals surface area contributed by atoms with Crippen molar-refractivity contribution >= 4 is 29.2 Å². The highest BCUT2D eigenvalue weighted by atomic mass is 35.5. The molecule has 0 aromatic carbocycles. The lowest BCUT2D eigenvalue weighted by Gasteiger charge is -1.97. The summed E-state index contributed by atoms with van der Waals surface area (Å²) in [6.07, 6.45) is 0.318. The van der Waals surface area contributed by atoms with Crippen molar-refractivity contribution in [1.82, 2.24) is 0 Å². The number of rotatable bonds is 1. The molecule has 1 aliphatic rings. The smallest absolute Gasteiger partial charge is 0.127 e. The average Bonchev–Trinajstić information content (AvgIpc) is 2.13. The fraction of sp³-hybridized carbons (Fsp3) is 0.750. The van der Waals surface area contributed by atoms with E-state index < -0.39 is 16.2 Å². The molecule has 8 heavy (non-hydrogen) atoms. The van der Waals surface area contributed by atoms with Crippen molar-refractivity contribution in [2.24, 2.45) is 5.92 Å². The van der Waals surface area contributed by atoms with Crippen LogP contribution in [0.2, 0.25) is 0 Å². The number of aliphatic carboxylic acids is 1. The van der Waals surface area contributed by atoms with Crippen LogP contribution in [0.25, 0.3) is 0 Å². The number of hydrogen-bond donors (Lipinski definition) is 0. The molecular weight excluding hydrogens is 151 g/mol. The molecule has 1 unspecified atom stereocenters. The Hall–Kier alpha value is 0.0500. The van der Waals surface area contributed by atoms with Crippen LogP contribution < -0.4 is 5.11 Å². The van der Waals surface area contributed by atoms with Crippen LogP contribution in [0.3, 0.4) is 0 Å². The fourth-order valence-electron chi connectivity index (χ4n) is 0.469. The number of carbonyl (C=O) groups excluding carboxylic acids is 1. The van der Waals surface area contributed by atoms with Gasteiger partial charge in [0.15, 0.2) is 0 Å². The summed E-state index contributed by atoms with van der Waals surface area (Å²) < 4.78 is -1.03. The van der Waals surface area contributed by atoms with Crippen LogP contribution in [0, 0.1) is 5.92 Å². The van der Waals surface area contributed by atoms with Gasteiger partial charge < -0.3 is 9.90 Å². The third-order valence-corrected chi connectivity index (χ3v) is 1.95. The lowest BCUT2D eigenvalue weighted by atomic mass is 10.4. The van der Waals surface area contributed by atoms with Crippen molar-refractivity contribution < 1.29 is 9.90 Å². The maximum atomic E-state index is 9.90. The Kier molecular flexibility index (Phi) is 1.17. The van der Waals surface area contributed by atoms with Crippen molar-refractivity contribution in [3.63, 3.8) is 0 Å². The van der Waals surface area contributed by atoms with Crippen LogP contribution >= 0.6 is 23.2 Å². The van der Waals surface area contributed by atoms with E-state index in [4.69, 9.17) is 23.2 Å². The molecule has 1 atom stereocenters. The van der Waals surface area contributed by atoms with E-state index in [1.165, 1.54) is 0 Å². The highest BCUT2D eigenvalue weighted by Crippen LogP contribution is 2.52. The van der Waals surface area contributed by atoms with Gasteiger partial charge in [-0.15, -0.1) is 23.2 Å². The summed E-state index contributed by atoms with van der Waals surface area (Å²) in [7, 11) is 0. The molecule has 0 N–H and O–H groups in total. The molecule has 0 amide bonds. The lowest BCUT2D eigenvalue weighted by Crippen LogP contribution is -2.26. The molecule has 1 saturated carbocycles. The summed E-state index contributed by atoms with van der Waals surface area (Å²) >= 11 is 10.7. The van der Waals surface area contributed by atoms with Crippen molar-refractivity contribution in [2.45, 2.75) is 10.8 Å². The Bertz CT molecular complexity index is 132. The van der Waals surface area contributed by atoms with Gasteiger partial charge >= 0.3 is 0 Å². The van der Waals surface area contributed by atoms with E-state index in [-0.39, 0.29) is 0 Å². The van der Waals surface area contributed by atoms with Gasteiger partial charge in [0.1, 0.15) is 4.33 Å². The second-order valence-corrected chi connectivity index (χ2v) is 3.38. The zero-order chi connectivity index (χ0) is 6.36. The minimum absolute atomic E-state index is 0.318. The Balaban J connectivity index is 2.48. The molecule has 0 aromatic rings. The molecule has 0 aromatic heterocycles. The van der Waals surface area contributed by atoms with E-state index in [1.54, 1.807) is 0 Å². The molecule has 0 heterocycles. The van der Waals surface area contributed by atoms with Crippen LogP contribution in [0.15, 0.2) is 0 Å². The lowest BCUT2D eigenvalue weighted by molar-refractivity contribution is -0.307. The Morgan fingerprint density at radius 2 is 2.12 bits per heavy atom. The van der Waals surface area contributed by atoms with Gasteiger partial charge in [-0.05, 0) is 6.42 Å². The average molecular weight is 154 g/mol. The number of hydrogen-bond acceptors (Lipinski definition) is 2. The number of carbonyl (C=O) groups is 1. The summed E-state index contributed by atoms with van der Waals surface area (Å²) in [6.45, 7) is 0. The van der Waals surface area contributed by atoms with Gasteiger partial charge in [0, 0.05) is 11.9 Å². The summed E-state index contributed by atoms with van der Waals surface area (Å²) in [5, 5.41) is 9.90. The van der Waals surface area contributed by atoms with E-state index in [2.05, 4.69) is 0 Å². The minimum Gasteiger partial charge on any atom is -0.550 e. The normalized spacial score (nSPS) is 32.0. The van der Waals surface area contributed by atoms with Crippen LogP contribution in [-0.2, 0) is 4.79 Å². The predicted octanol–water partition coefficient (Wildman–Crippen LogP) is -0.0699. The number of halogens is 2. The highest BCUT2D eigenvalue weighted by Gasteiger charge is 2.52. The number of alkyl halides is 2. The first-order chi connectivity index (χ1) is 3.54. The zero-order valence-electron chi connectivity index (χ0n) is 3.86. The molecule has 0 spiro atoms. The van der Waals surface area contributed by atoms with Crippen molar-refractivity contribution in [3.8, 4) is 0 Å². The van der Waals surface area contributed by atoms with E-state index in [9.17, 15) is 9.90 Å². The summed E-state index contributed by atoms with van der Waals surface area (Å²) in [5.74, 6) is -1.80. The van der Waals surface area contributed by atoms with Crippen LogP contribution in [0.4, 0.5) is 0 Å². The molecule has 46 valence electrons. The topological polar surface area (TPSA) is 40.1 Å². The standard InChI is InChI=1S/C4H4Cl2O2/c5-4(6)1-2(4)3(7)8/h2H,1H2,(H,7,8)/p-1. The minimum atomic E-state index is -1.16. The first-order valence-electron chi connectivity index (χ1n) is 2.13. The monoisotopic (exact) mass is 153 g/mol. The van der Waals surface area contributed by atoms with Crippen molar-refractivity contribution in [2.75, 3.05) is 0 Å². The molecule has 2 nitrogen and oxygen atoms in total. The maximum Gasteiger partial charge on any atom is 0.127 e. The molecule has 0 radical (unpaired) electrons. The van der Waals surface area contributed by atoms with Crippen molar-refractivity contribution in [1.29, 1.82) is 0 Å². The van der Waals surface area contributed by atoms with E-state index in [1.807, 2.05) is 0 Å². The second-order valence-electron chi connectivity index (χ2n) is 1.84. The van der Waals surface area contributed by atoms with Gasteiger partial charge in [-0.25, -0.2) is 0 Å². The summed E-state index contributed by atoms with van der Waals surface area (Å²) in [4.78, 5) is 9.90. The molecule has 0 aliphatic heterocycles. The van der Waals surface area contributed by atoms with Gasteiger partial charge in [-0.3, -0.25) is 0 Å². The van der Waals surface area contributed by atoms with E-state index in [0.29, 0.717) is 6.42 Å². The first-order valence-corrected chi connectivity index (χ1v) is 2.88. The Labute approximate surface area is 56.4 Å². The van der Waals surface area contributed by atoms with Gasteiger partial charge in [0.25, 0.3) is 0 Å². The Morgan fingerprint density at radius 3 is 2.12 bits per heavy atom. The maximum absolute atomic E-state index is 9.90. The first kappa shape index (κ1) is 6.17. The molecule has 0 bridgehead atoms. The highest BCUT2D eigenvalue weighted by molar-refractivity contribution is 6.52. The molecule has 1 fully saturated rings. The van der Waals surface area contributed by atoms with Gasteiger partial charge in [0.05, 0.1) is 0 Å². The second kappa shape index (κ2) is 1.52. The van der Waals surface area contributed by atoms with Crippen LogP contribution in [0.1, 0.15) is 6.42 Å². The Morgan fingerprint density at radius 1 is 1.75 bits per heavy atom. The number of carboxylic acid groups (broad SMARTS) is 1. The van der Waals surface area contributed by atoms with Crippen molar-refractivity contribution in [3.05, 3.63) is 0 Å².